The summed E-state index contributed by atoms with van der Waals surface area (Å²) in [5.41, 5.74) is 1.17. The number of unbranched alkanes of at least 4 members (excludes halogenated alkanes) is 6. The summed E-state index contributed by atoms with van der Waals surface area (Å²) in [6.45, 7) is 3.77. The average molecular weight is 288 g/mol. The first-order valence-electron chi connectivity index (χ1n) is 8.40. The number of ether oxygens (including phenoxy) is 2. The Hall–Kier alpha value is -1.28. The molecule has 1 aromatic rings. The van der Waals surface area contributed by atoms with Crippen molar-refractivity contribution in [2.24, 2.45) is 0 Å². The first kappa shape index (κ1) is 16.1. The maximum absolute atomic E-state index is 5.81. The van der Waals surface area contributed by atoms with E-state index in [1.54, 1.807) is 0 Å². The lowest BCUT2D eigenvalue weighted by Crippen LogP contribution is -2.04. The van der Waals surface area contributed by atoms with Crippen molar-refractivity contribution in [2.45, 2.75) is 58.0 Å². The Morgan fingerprint density at radius 3 is 2.71 bits per heavy atom. The maximum atomic E-state index is 5.81. The molecule has 21 heavy (non-hydrogen) atoms. The highest BCUT2D eigenvalue weighted by Gasteiger charge is 2.23. The van der Waals surface area contributed by atoms with E-state index in [9.17, 15) is 0 Å². The molecule has 0 saturated carbocycles. The second-order valence-corrected chi connectivity index (χ2v) is 5.76. The molecule has 1 heterocycles. The molecule has 2 heteroatoms. The molecule has 0 spiro atoms. The normalized spacial score (nSPS) is 17.3. The molecule has 0 radical (unpaired) electrons. The molecule has 0 aliphatic carbocycles. The standard InChI is InChI=1S/C19H28O2/c1-2-3-4-5-6-7-8-9-12-17-13-10-11-14-19(17)21-16-18-15-20-18/h9-14,18H,2-8,15-16H2,1H3. The Bertz CT molecular complexity index is 421. The van der Waals surface area contributed by atoms with E-state index in [4.69, 9.17) is 9.47 Å². The Kier molecular flexibility index (Phi) is 7.37. The lowest BCUT2D eigenvalue weighted by molar-refractivity contribution is 0.262. The van der Waals surface area contributed by atoms with Gasteiger partial charge in [-0.2, -0.15) is 0 Å². The number of hydrogen-bond acceptors (Lipinski definition) is 2. The van der Waals surface area contributed by atoms with Gasteiger partial charge in [-0.1, -0.05) is 69.4 Å². The van der Waals surface area contributed by atoms with Crippen LogP contribution in [0, 0.1) is 0 Å². The monoisotopic (exact) mass is 288 g/mol. The van der Waals surface area contributed by atoms with Crippen molar-refractivity contribution in [3.63, 3.8) is 0 Å². The number of para-hydroxylation sites is 1. The second-order valence-electron chi connectivity index (χ2n) is 5.76. The Balaban J connectivity index is 1.67. The highest BCUT2D eigenvalue weighted by atomic mass is 16.6. The minimum Gasteiger partial charge on any atom is -0.490 e. The van der Waals surface area contributed by atoms with Crippen LogP contribution in [-0.2, 0) is 4.74 Å². The van der Waals surface area contributed by atoms with E-state index in [-0.39, 0.29) is 0 Å². The SMILES string of the molecule is CCCCCCCCC=Cc1ccccc1OCC1CO1. The largest absolute Gasteiger partial charge is 0.490 e. The smallest absolute Gasteiger partial charge is 0.126 e. The van der Waals surface area contributed by atoms with Crippen molar-refractivity contribution in [3.8, 4) is 5.75 Å². The van der Waals surface area contributed by atoms with Gasteiger partial charge < -0.3 is 9.47 Å². The molecular weight excluding hydrogens is 260 g/mol. The molecule has 1 unspecified atom stereocenters. The number of allylic oxidation sites excluding steroid dienone is 1. The third-order valence-corrected chi connectivity index (χ3v) is 3.77. The highest BCUT2D eigenvalue weighted by Crippen LogP contribution is 2.22. The first-order valence-corrected chi connectivity index (χ1v) is 8.40. The number of epoxide rings is 1. The van der Waals surface area contributed by atoms with Gasteiger partial charge >= 0.3 is 0 Å². The van der Waals surface area contributed by atoms with Gasteiger partial charge in [0.15, 0.2) is 0 Å². The van der Waals surface area contributed by atoms with Gasteiger partial charge in [0.05, 0.1) is 6.61 Å². The molecule has 1 aromatic carbocycles. The molecule has 0 N–H and O–H groups in total. The van der Waals surface area contributed by atoms with Crippen LogP contribution in [0.5, 0.6) is 5.75 Å². The number of rotatable bonds is 11. The van der Waals surface area contributed by atoms with E-state index >= 15 is 0 Å². The molecule has 0 aromatic heterocycles. The molecule has 1 fully saturated rings. The van der Waals surface area contributed by atoms with Crippen LogP contribution in [0.2, 0.25) is 0 Å². The summed E-state index contributed by atoms with van der Waals surface area (Å²) in [4.78, 5) is 0. The Morgan fingerprint density at radius 2 is 1.90 bits per heavy atom. The third kappa shape index (κ3) is 6.81. The molecule has 0 amide bonds. The van der Waals surface area contributed by atoms with Crippen LogP contribution in [0.3, 0.4) is 0 Å². The van der Waals surface area contributed by atoms with E-state index in [0.717, 1.165) is 18.8 Å². The van der Waals surface area contributed by atoms with E-state index in [1.807, 2.05) is 12.1 Å². The molecule has 1 aliphatic rings. The lowest BCUT2D eigenvalue weighted by atomic mass is 10.1. The van der Waals surface area contributed by atoms with Crippen molar-refractivity contribution in [1.29, 1.82) is 0 Å². The zero-order chi connectivity index (χ0) is 14.8. The summed E-state index contributed by atoms with van der Waals surface area (Å²) in [5, 5.41) is 0. The van der Waals surface area contributed by atoms with Crippen LogP contribution >= 0.6 is 0 Å². The van der Waals surface area contributed by atoms with Gasteiger partial charge in [-0.3, -0.25) is 0 Å². The van der Waals surface area contributed by atoms with Gasteiger partial charge in [-0.05, 0) is 18.9 Å². The summed E-state index contributed by atoms with van der Waals surface area (Å²) in [7, 11) is 0. The van der Waals surface area contributed by atoms with Gasteiger partial charge in [0, 0.05) is 5.56 Å². The fraction of sp³-hybridized carbons (Fsp3) is 0.579. The quantitative estimate of drug-likeness (QED) is 0.411. The van der Waals surface area contributed by atoms with E-state index < -0.39 is 0 Å². The van der Waals surface area contributed by atoms with Crippen molar-refractivity contribution in [1.82, 2.24) is 0 Å². The molecule has 0 bridgehead atoms. The van der Waals surface area contributed by atoms with Crippen LogP contribution < -0.4 is 4.74 Å². The van der Waals surface area contributed by atoms with Gasteiger partial charge in [-0.15, -0.1) is 0 Å². The van der Waals surface area contributed by atoms with E-state index in [2.05, 4.69) is 31.2 Å². The number of benzene rings is 1. The van der Waals surface area contributed by atoms with Crippen LogP contribution in [0.4, 0.5) is 0 Å². The molecule has 1 saturated heterocycles. The summed E-state index contributed by atoms with van der Waals surface area (Å²) in [6, 6.07) is 8.23. The van der Waals surface area contributed by atoms with Crippen LogP contribution in [0.25, 0.3) is 6.08 Å². The van der Waals surface area contributed by atoms with Crippen molar-refractivity contribution < 1.29 is 9.47 Å². The summed E-state index contributed by atoms with van der Waals surface area (Å²) in [6.07, 6.45) is 14.0. The van der Waals surface area contributed by atoms with Crippen molar-refractivity contribution in [3.05, 3.63) is 35.9 Å². The predicted molar refractivity (Wildman–Crippen MR) is 88.7 cm³/mol. The minimum absolute atomic E-state index is 0.310. The maximum Gasteiger partial charge on any atom is 0.126 e. The van der Waals surface area contributed by atoms with Crippen LogP contribution in [0.1, 0.15) is 57.4 Å². The van der Waals surface area contributed by atoms with Crippen LogP contribution in [0.15, 0.2) is 30.3 Å². The molecule has 116 valence electrons. The molecule has 1 aliphatic heterocycles. The van der Waals surface area contributed by atoms with Crippen molar-refractivity contribution >= 4 is 6.08 Å². The Labute approximate surface area is 129 Å². The first-order chi connectivity index (χ1) is 10.4. The third-order valence-electron chi connectivity index (χ3n) is 3.77. The molecule has 2 nitrogen and oxygen atoms in total. The Morgan fingerprint density at radius 1 is 1.14 bits per heavy atom. The zero-order valence-corrected chi connectivity index (χ0v) is 13.2. The van der Waals surface area contributed by atoms with Crippen molar-refractivity contribution in [2.75, 3.05) is 13.2 Å². The molecular formula is C19H28O2. The van der Waals surface area contributed by atoms with Gasteiger partial charge in [0.1, 0.15) is 18.5 Å². The fourth-order valence-corrected chi connectivity index (χ4v) is 2.35. The lowest BCUT2D eigenvalue weighted by Gasteiger charge is -2.07. The zero-order valence-electron chi connectivity index (χ0n) is 13.2. The summed E-state index contributed by atoms with van der Waals surface area (Å²) < 4.78 is 11.0. The second kappa shape index (κ2) is 9.62. The highest BCUT2D eigenvalue weighted by molar-refractivity contribution is 5.57. The fourth-order valence-electron chi connectivity index (χ4n) is 2.35. The van der Waals surface area contributed by atoms with Crippen LogP contribution in [-0.4, -0.2) is 19.3 Å². The van der Waals surface area contributed by atoms with Gasteiger partial charge in [0.25, 0.3) is 0 Å². The predicted octanol–water partition coefficient (Wildman–Crippen LogP) is 5.23. The van der Waals surface area contributed by atoms with Gasteiger partial charge in [0.2, 0.25) is 0 Å². The minimum atomic E-state index is 0.310. The average Bonchev–Trinajstić information content (AvgIpc) is 3.33. The molecule has 1 atom stereocenters. The summed E-state index contributed by atoms with van der Waals surface area (Å²) >= 11 is 0. The summed E-state index contributed by atoms with van der Waals surface area (Å²) in [5.74, 6) is 0.965. The number of hydrogen-bond donors (Lipinski definition) is 0. The van der Waals surface area contributed by atoms with E-state index in [0.29, 0.717) is 12.7 Å². The van der Waals surface area contributed by atoms with E-state index in [1.165, 1.54) is 44.1 Å². The van der Waals surface area contributed by atoms with Gasteiger partial charge in [-0.25, -0.2) is 0 Å². The molecule has 2 rings (SSSR count). The topological polar surface area (TPSA) is 21.8 Å².